The average Bonchev–Trinajstić information content (AvgIpc) is 2.10. The second-order valence-electron chi connectivity index (χ2n) is 3.35. The van der Waals surface area contributed by atoms with E-state index < -0.39 is 5.97 Å². The van der Waals surface area contributed by atoms with Gasteiger partial charge in [-0.15, -0.1) is 0 Å². The fraction of sp³-hybridized carbons (Fsp3) is 0.400. The van der Waals surface area contributed by atoms with Crippen LogP contribution in [0.25, 0.3) is 0 Å². The van der Waals surface area contributed by atoms with E-state index in [2.05, 4.69) is 15.9 Å². The number of nitrogens with zero attached hydrogens (tertiary/aromatic N) is 1. The van der Waals surface area contributed by atoms with Crippen molar-refractivity contribution in [2.45, 2.75) is 26.5 Å². The van der Waals surface area contributed by atoms with Gasteiger partial charge in [0.25, 0.3) is 5.56 Å². The lowest BCUT2D eigenvalue weighted by molar-refractivity contribution is -0.148. The van der Waals surface area contributed by atoms with Crippen LogP contribution < -0.4 is 5.56 Å². The minimum Gasteiger partial charge on any atom is -0.462 e. The number of rotatable bonds is 3. The molecule has 82 valence electrons. The summed E-state index contributed by atoms with van der Waals surface area (Å²) in [6, 6.07) is 3.03. The van der Waals surface area contributed by atoms with Crippen LogP contribution in [0.1, 0.15) is 13.8 Å². The van der Waals surface area contributed by atoms with Crippen LogP contribution in [0.5, 0.6) is 0 Å². The summed E-state index contributed by atoms with van der Waals surface area (Å²) >= 11 is 3.23. The molecular weight excluding hydrogens is 262 g/mol. The molecule has 0 spiro atoms. The van der Waals surface area contributed by atoms with Crippen molar-refractivity contribution >= 4 is 21.9 Å². The zero-order valence-corrected chi connectivity index (χ0v) is 10.2. The summed E-state index contributed by atoms with van der Waals surface area (Å²) < 4.78 is 6.98. The van der Waals surface area contributed by atoms with Gasteiger partial charge in [0, 0.05) is 16.7 Å². The van der Waals surface area contributed by atoms with Gasteiger partial charge in [-0.05, 0) is 35.8 Å². The SMILES string of the molecule is CC(C)OC(=O)Cn1cc(Br)ccc1=O. The highest BCUT2D eigenvalue weighted by atomic mass is 79.9. The molecular formula is C10H12BrNO3. The van der Waals surface area contributed by atoms with E-state index >= 15 is 0 Å². The molecule has 1 rings (SSSR count). The molecule has 0 bridgehead atoms. The van der Waals surface area contributed by atoms with Gasteiger partial charge in [0.05, 0.1) is 6.10 Å². The maximum Gasteiger partial charge on any atom is 0.326 e. The lowest BCUT2D eigenvalue weighted by Gasteiger charge is -2.09. The second-order valence-corrected chi connectivity index (χ2v) is 4.27. The zero-order valence-electron chi connectivity index (χ0n) is 8.57. The van der Waals surface area contributed by atoms with Crippen molar-refractivity contribution < 1.29 is 9.53 Å². The minimum absolute atomic E-state index is 0.0591. The van der Waals surface area contributed by atoms with E-state index in [4.69, 9.17) is 4.74 Å². The van der Waals surface area contributed by atoms with Gasteiger partial charge in [0.1, 0.15) is 6.54 Å². The number of hydrogen-bond acceptors (Lipinski definition) is 3. The Hall–Kier alpha value is -1.10. The number of carbonyl (C=O) groups is 1. The largest absolute Gasteiger partial charge is 0.462 e. The smallest absolute Gasteiger partial charge is 0.326 e. The zero-order chi connectivity index (χ0) is 11.4. The molecule has 0 unspecified atom stereocenters. The maximum absolute atomic E-state index is 11.3. The number of ether oxygens (including phenoxy) is 1. The minimum atomic E-state index is -0.412. The molecule has 0 amide bonds. The Bertz CT molecular complexity index is 411. The third-order valence-electron chi connectivity index (χ3n) is 1.61. The van der Waals surface area contributed by atoms with Crippen LogP contribution in [0.2, 0.25) is 0 Å². The van der Waals surface area contributed by atoms with Crippen LogP contribution in [0.15, 0.2) is 27.6 Å². The van der Waals surface area contributed by atoms with Crippen LogP contribution in [-0.4, -0.2) is 16.6 Å². The van der Waals surface area contributed by atoms with E-state index in [1.54, 1.807) is 26.1 Å². The highest BCUT2D eigenvalue weighted by Crippen LogP contribution is 2.05. The predicted molar refractivity (Wildman–Crippen MR) is 59.6 cm³/mol. The Kier molecular flexibility index (Phi) is 4.08. The molecule has 0 radical (unpaired) electrons. The summed E-state index contributed by atoms with van der Waals surface area (Å²) in [5.74, 6) is -0.412. The first-order chi connectivity index (χ1) is 6.99. The number of esters is 1. The monoisotopic (exact) mass is 273 g/mol. The first kappa shape index (κ1) is 12.0. The molecule has 0 N–H and O–H groups in total. The van der Waals surface area contributed by atoms with Crippen molar-refractivity contribution in [3.05, 3.63) is 33.2 Å². The molecule has 4 nitrogen and oxygen atoms in total. The summed E-state index contributed by atoms with van der Waals surface area (Å²) in [7, 11) is 0. The molecule has 0 saturated carbocycles. The molecule has 0 fully saturated rings. The second kappa shape index (κ2) is 5.11. The Labute approximate surface area is 96.0 Å². The summed E-state index contributed by atoms with van der Waals surface area (Å²) in [5.41, 5.74) is -0.223. The van der Waals surface area contributed by atoms with E-state index in [0.29, 0.717) is 0 Å². The molecule has 0 aliphatic carbocycles. The van der Waals surface area contributed by atoms with Gasteiger partial charge in [0.15, 0.2) is 0 Å². The summed E-state index contributed by atoms with van der Waals surface area (Å²) in [4.78, 5) is 22.6. The van der Waals surface area contributed by atoms with E-state index in [1.807, 2.05) is 0 Å². The van der Waals surface area contributed by atoms with Gasteiger partial charge in [-0.25, -0.2) is 0 Å². The third kappa shape index (κ3) is 3.87. The van der Waals surface area contributed by atoms with Crippen LogP contribution in [0.4, 0.5) is 0 Å². The van der Waals surface area contributed by atoms with Gasteiger partial charge in [-0.3, -0.25) is 9.59 Å². The van der Waals surface area contributed by atoms with Gasteiger partial charge in [0.2, 0.25) is 0 Å². The molecule has 15 heavy (non-hydrogen) atoms. The molecule has 0 aliphatic heterocycles. The topological polar surface area (TPSA) is 48.3 Å². The summed E-state index contributed by atoms with van der Waals surface area (Å²) in [6.45, 7) is 3.47. The normalized spacial score (nSPS) is 10.4. The Morgan fingerprint density at radius 1 is 1.53 bits per heavy atom. The number of carbonyl (C=O) groups excluding carboxylic acids is 1. The van der Waals surface area contributed by atoms with E-state index in [1.165, 1.54) is 10.6 Å². The van der Waals surface area contributed by atoms with Crippen LogP contribution in [0, 0.1) is 0 Å². The molecule has 5 heteroatoms. The molecule has 0 atom stereocenters. The fourth-order valence-corrected chi connectivity index (χ4v) is 1.44. The van der Waals surface area contributed by atoms with Gasteiger partial charge in [-0.1, -0.05) is 0 Å². The number of halogens is 1. The Morgan fingerprint density at radius 2 is 2.20 bits per heavy atom. The third-order valence-corrected chi connectivity index (χ3v) is 2.08. The van der Waals surface area contributed by atoms with Crippen molar-refractivity contribution in [1.29, 1.82) is 0 Å². The highest BCUT2D eigenvalue weighted by Gasteiger charge is 2.07. The van der Waals surface area contributed by atoms with Gasteiger partial charge in [-0.2, -0.15) is 0 Å². The predicted octanol–water partition coefficient (Wildman–Crippen LogP) is 1.56. The van der Waals surface area contributed by atoms with Crippen molar-refractivity contribution in [2.24, 2.45) is 0 Å². The van der Waals surface area contributed by atoms with Gasteiger partial charge >= 0.3 is 5.97 Å². The van der Waals surface area contributed by atoms with Crippen molar-refractivity contribution in [2.75, 3.05) is 0 Å². The maximum atomic E-state index is 11.3. The van der Waals surface area contributed by atoms with Crippen molar-refractivity contribution in [3.8, 4) is 0 Å². The highest BCUT2D eigenvalue weighted by molar-refractivity contribution is 9.10. The molecule has 1 aromatic rings. The molecule has 0 aliphatic rings. The molecule has 0 saturated heterocycles. The Balaban J connectivity index is 2.76. The fourth-order valence-electron chi connectivity index (χ4n) is 1.06. The van der Waals surface area contributed by atoms with Crippen LogP contribution in [-0.2, 0) is 16.1 Å². The van der Waals surface area contributed by atoms with Crippen LogP contribution >= 0.6 is 15.9 Å². The van der Waals surface area contributed by atoms with Crippen LogP contribution in [0.3, 0.4) is 0 Å². The van der Waals surface area contributed by atoms with E-state index in [9.17, 15) is 9.59 Å². The molecule has 1 aromatic heterocycles. The number of hydrogen-bond donors (Lipinski definition) is 0. The number of pyridine rings is 1. The number of aromatic nitrogens is 1. The van der Waals surface area contributed by atoms with Crippen molar-refractivity contribution in [3.63, 3.8) is 0 Å². The van der Waals surface area contributed by atoms with E-state index in [-0.39, 0.29) is 18.2 Å². The quantitative estimate of drug-likeness (QED) is 0.786. The standard InChI is InChI=1S/C10H12BrNO3/c1-7(2)15-10(14)6-12-5-8(11)3-4-9(12)13/h3-5,7H,6H2,1-2H3. The summed E-state index contributed by atoms with van der Waals surface area (Å²) in [5, 5.41) is 0. The lowest BCUT2D eigenvalue weighted by atomic mass is 10.4. The summed E-state index contributed by atoms with van der Waals surface area (Å²) in [6.07, 6.45) is 1.39. The van der Waals surface area contributed by atoms with Gasteiger partial charge < -0.3 is 9.30 Å². The van der Waals surface area contributed by atoms with E-state index in [0.717, 1.165) is 4.47 Å². The first-order valence-electron chi connectivity index (χ1n) is 4.54. The average molecular weight is 274 g/mol. The molecule has 1 heterocycles. The van der Waals surface area contributed by atoms with Crippen molar-refractivity contribution in [1.82, 2.24) is 4.57 Å². The Morgan fingerprint density at radius 3 is 2.80 bits per heavy atom. The lowest BCUT2D eigenvalue weighted by Crippen LogP contribution is -2.25. The molecule has 0 aromatic carbocycles. The first-order valence-corrected chi connectivity index (χ1v) is 5.34.